The molecule has 0 aromatic heterocycles. The zero-order valence-electron chi connectivity index (χ0n) is 7.31. The minimum atomic E-state index is -0.436. The molecule has 76 valence electrons. The van der Waals surface area contributed by atoms with Gasteiger partial charge in [-0.2, -0.15) is 0 Å². The summed E-state index contributed by atoms with van der Waals surface area (Å²) in [7, 11) is 1.43. The third-order valence-corrected chi connectivity index (χ3v) is 3.26. The molecule has 0 radical (unpaired) electrons. The highest BCUT2D eigenvalue weighted by Crippen LogP contribution is 2.23. The lowest BCUT2D eigenvalue weighted by Crippen LogP contribution is -2.05. The SMILES string of the molecule is COc1cc(F)c(I)c(C(=O)CBr)c1. The molecule has 0 heterocycles. The number of carbonyl (C=O) groups is 1. The summed E-state index contributed by atoms with van der Waals surface area (Å²) in [4.78, 5) is 11.4. The second kappa shape index (κ2) is 5.06. The van der Waals surface area contributed by atoms with Crippen molar-refractivity contribution in [1.82, 2.24) is 0 Å². The van der Waals surface area contributed by atoms with Gasteiger partial charge in [0.15, 0.2) is 5.78 Å². The van der Waals surface area contributed by atoms with Gasteiger partial charge in [0.1, 0.15) is 11.6 Å². The van der Waals surface area contributed by atoms with Gasteiger partial charge in [0, 0.05) is 11.6 Å². The summed E-state index contributed by atoms with van der Waals surface area (Å²) in [6.07, 6.45) is 0. The van der Waals surface area contributed by atoms with Crippen molar-refractivity contribution in [3.8, 4) is 5.75 Å². The van der Waals surface area contributed by atoms with Crippen molar-refractivity contribution in [2.75, 3.05) is 12.4 Å². The lowest BCUT2D eigenvalue weighted by atomic mass is 10.1. The monoisotopic (exact) mass is 372 g/mol. The normalized spacial score (nSPS) is 10.0. The van der Waals surface area contributed by atoms with Gasteiger partial charge < -0.3 is 4.74 Å². The van der Waals surface area contributed by atoms with Crippen molar-refractivity contribution in [3.05, 3.63) is 27.1 Å². The Hall–Kier alpha value is -0.170. The number of carbonyl (C=O) groups excluding carboxylic acids is 1. The topological polar surface area (TPSA) is 26.3 Å². The first kappa shape index (κ1) is 11.9. The molecular weight excluding hydrogens is 366 g/mol. The number of benzene rings is 1. The Kier molecular flexibility index (Phi) is 4.31. The maximum atomic E-state index is 13.3. The van der Waals surface area contributed by atoms with Crippen molar-refractivity contribution in [3.63, 3.8) is 0 Å². The molecule has 1 aromatic carbocycles. The Labute approximate surface area is 103 Å². The van der Waals surface area contributed by atoms with Gasteiger partial charge in [-0.05, 0) is 28.7 Å². The zero-order valence-corrected chi connectivity index (χ0v) is 11.1. The first-order chi connectivity index (χ1) is 6.60. The highest BCUT2D eigenvalue weighted by molar-refractivity contribution is 14.1. The lowest BCUT2D eigenvalue weighted by molar-refractivity contribution is 0.102. The second-order valence-electron chi connectivity index (χ2n) is 2.53. The van der Waals surface area contributed by atoms with Gasteiger partial charge in [-0.3, -0.25) is 4.79 Å². The predicted octanol–water partition coefficient (Wildman–Crippen LogP) is 3.02. The summed E-state index contributed by atoms with van der Waals surface area (Å²) in [6, 6.07) is 2.79. The third kappa shape index (κ3) is 2.44. The quantitative estimate of drug-likeness (QED) is 0.463. The third-order valence-electron chi connectivity index (χ3n) is 1.66. The fourth-order valence-electron chi connectivity index (χ4n) is 0.957. The van der Waals surface area contributed by atoms with Gasteiger partial charge in [0.05, 0.1) is 16.0 Å². The van der Waals surface area contributed by atoms with Crippen LogP contribution in [0.15, 0.2) is 12.1 Å². The maximum absolute atomic E-state index is 13.3. The van der Waals surface area contributed by atoms with E-state index in [4.69, 9.17) is 4.74 Å². The highest BCUT2D eigenvalue weighted by atomic mass is 127. The first-order valence-corrected chi connectivity index (χ1v) is 5.92. The van der Waals surface area contributed by atoms with Crippen LogP contribution < -0.4 is 4.74 Å². The van der Waals surface area contributed by atoms with Crippen LogP contribution in [0.3, 0.4) is 0 Å². The average Bonchev–Trinajstić information content (AvgIpc) is 2.20. The van der Waals surface area contributed by atoms with Crippen LogP contribution >= 0.6 is 38.5 Å². The van der Waals surface area contributed by atoms with Gasteiger partial charge in [0.25, 0.3) is 0 Å². The van der Waals surface area contributed by atoms with Gasteiger partial charge in [-0.15, -0.1) is 0 Å². The lowest BCUT2D eigenvalue weighted by Gasteiger charge is -2.06. The summed E-state index contributed by atoms with van der Waals surface area (Å²) in [5, 5.41) is 0.176. The molecule has 0 aliphatic rings. The first-order valence-electron chi connectivity index (χ1n) is 3.72. The van der Waals surface area contributed by atoms with Gasteiger partial charge >= 0.3 is 0 Å². The van der Waals surface area contributed by atoms with E-state index in [0.717, 1.165) is 0 Å². The van der Waals surface area contributed by atoms with E-state index >= 15 is 0 Å². The number of Topliss-reactive ketones (excluding diaryl/α,β-unsaturated/α-hetero) is 1. The summed E-state index contributed by atoms with van der Waals surface area (Å²) in [6.45, 7) is 0. The fourth-order valence-corrected chi connectivity index (χ4v) is 1.87. The Morgan fingerprint density at radius 2 is 2.29 bits per heavy atom. The molecule has 2 nitrogen and oxygen atoms in total. The second-order valence-corrected chi connectivity index (χ2v) is 4.17. The largest absolute Gasteiger partial charge is 0.497 e. The molecule has 5 heteroatoms. The average molecular weight is 373 g/mol. The smallest absolute Gasteiger partial charge is 0.174 e. The van der Waals surface area contributed by atoms with Crippen molar-refractivity contribution >= 4 is 44.3 Å². The Balaban J connectivity index is 3.27. The molecule has 1 rings (SSSR count). The standard InChI is InChI=1S/C9H7BrFIO2/c1-14-5-2-6(8(13)4-10)9(12)7(11)3-5/h2-3H,4H2,1H3. The predicted molar refractivity (Wildman–Crippen MR) is 63.8 cm³/mol. The van der Waals surface area contributed by atoms with Crippen LogP contribution in [0.1, 0.15) is 10.4 Å². The fraction of sp³-hybridized carbons (Fsp3) is 0.222. The number of alkyl halides is 1. The number of hydrogen-bond donors (Lipinski definition) is 0. The van der Waals surface area contributed by atoms with Crippen molar-refractivity contribution in [1.29, 1.82) is 0 Å². The van der Waals surface area contributed by atoms with Gasteiger partial charge in [-0.1, -0.05) is 15.9 Å². The van der Waals surface area contributed by atoms with E-state index in [1.807, 2.05) is 0 Å². The number of ketones is 1. The van der Waals surface area contributed by atoms with Crippen LogP contribution in [0.4, 0.5) is 4.39 Å². The number of ether oxygens (including phenoxy) is 1. The Morgan fingerprint density at radius 3 is 2.79 bits per heavy atom. The highest BCUT2D eigenvalue weighted by Gasteiger charge is 2.14. The minimum Gasteiger partial charge on any atom is -0.497 e. The molecule has 0 saturated carbocycles. The van der Waals surface area contributed by atoms with E-state index in [-0.39, 0.29) is 11.1 Å². The van der Waals surface area contributed by atoms with E-state index in [1.54, 1.807) is 22.6 Å². The Morgan fingerprint density at radius 1 is 1.64 bits per heavy atom. The number of halogens is 3. The van der Waals surface area contributed by atoms with Crippen LogP contribution in [0.5, 0.6) is 5.75 Å². The summed E-state index contributed by atoms with van der Waals surface area (Å²) in [5.74, 6) is -0.242. The van der Waals surface area contributed by atoms with Crippen molar-refractivity contribution < 1.29 is 13.9 Å². The molecule has 0 aliphatic carbocycles. The van der Waals surface area contributed by atoms with Crippen LogP contribution in [0.25, 0.3) is 0 Å². The molecule has 0 fully saturated rings. The number of methoxy groups -OCH3 is 1. The van der Waals surface area contributed by atoms with Crippen molar-refractivity contribution in [2.24, 2.45) is 0 Å². The minimum absolute atomic E-state index is 0.160. The van der Waals surface area contributed by atoms with Crippen molar-refractivity contribution in [2.45, 2.75) is 0 Å². The molecule has 0 atom stereocenters. The van der Waals surface area contributed by atoms with Crippen LogP contribution in [0, 0.1) is 9.39 Å². The molecule has 0 unspecified atom stereocenters. The molecule has 0 bridgehead atoms. The zero-order chi connectivity index (χ0) is 10.7. The summed E-state index contributed by atoms with van der Waals surface area (Å²) < 4.78 is 18.5. The van der Waals surface area contributed by atoms with Crippen LogP contribution in [0.2, 0.25) is 0 Å². The van der Waals surface area contributed by atoms with E-state index in [9.17, 15) is 9.18 Å². The molecule has 0 aliphatic heterocycles. The van der Waals surface area contributed by atoms with Crippen LogP contribution in [-0.4, -0.2) is 18.2 Å². The molecule has 14 heavy (non-hydrogen) atoms. The molecule has 0 spiro atoms. The molecule has 0 saturated heterocycles. The molecule has 0 amide bonds. The van der Waals surface area contributed by atoms with E-state index < -0.39 is 5.82 Å². The summed E-state index contributed by atoms with van der Waals surface area (Å²) in [5.41, 5.74) is 0.347. The Bertz CT molecular complexity index is 368. The van der Waals surface area contributed by atoms with E-state index in [2.05, 4.69) is 15.9 Å². The van der Waals surface area contributed by atoms with Gasteiger partial charge in [-0.25, -0.2) is 4.39 Å². The molecule has 1 aromatic rings. The summed E-state index contributed by atoms with van der Waals surface area (Å²) >= 11 is 4.84. The molecule has 0 N–H and O–H groups in total. The maximum Gasteiger partial charge on any atom is 0.174 e. The van der Waals surface area contributed by atoms with Crippen LogP contribution in [-0.2, 0) is 0 Å². The number of rotatable bonds is 3. The number of hydrogen-bond acceptors (Lipinski definition) is 2. The van der Waals surface area contributed by atoms with E-state index in [1.165, 1.54) is 19.2 Å². The van der Waals surface area contributed by atoms with E-state index in [0.29, 0.717) is 14.9 Å². The van der Waals surface area contributed by atoms with Gasteiger partial charge in [0.2, 0.25) is 0 Å². The molecular formula is C9H7BrFIO2.